The smallest absolute Gasteiger partial charge is 0.236 e. The van der Waals surface area contributed by atoms with Gasteiger partial charge in [-0.3, -0.25) is 14.6 Å². The number of nitrogens with zero attached hydrogens (tertiary/aromatic N) is 7. The maximum absolute atomic E-state index is 12.2. The Hall–Kier alpha value is -1.54. The fourth-order valence-corrected chi connectivity index (χ4v) is 3.29. The maximum Gasteiger partial charge on any atom is 0.236 e. The standard InChI is InChI=1S/C15H27N7O/c1-2-5-22-14(16-17-18-22)12-19-8-10-20(11-9-19)13-15(23)21-6-3-4-7-21/h2-13H2,1H3. The second-order valence-electron chi connectivity index (χ2n) is 6.46. The molecular weight excluding hydrogens is 294 g/mol. The summed E-state index contributed by atoms with van der Waals surface area (Å²) in [5.74, 6) is 1.23. The van der Waals surface area contributed by atoms with Gasteiger partial charge >= 0.3 is 0 Å². The third kappa shape index (κ3) is 4.26. The summed E-state index contributed by atoms with van der Waals surface area (Å²) in [6.07, 6.45) is 3.35. The first kappa shape index (κ1) is 16.3. The molecule has 0 bridgehead atoms. The molecule has 0 aliphatic carbocycles. The predicted octanol–water partition coefficient (Wildman–Crippen LogP) is -0.177. The number of likely N-dealkylation sites (tertiary alicyclic amines) is 1. The Kier molecular flexibility index (Phi) is 5.56. The van der Waals surface area contributed by atoms with Crippen LogP contribution in [0, 0.1) is 0 Å². The Morgan fingerprint density at radius 2 is 1.74 bits per heavy atom. The van der Waals surface area contributed by atoms with Crippen molar-refractivity contribution in [3.8, 4) is 0 Å². The summed E-state index contributed by atoms with van der Waals surface area (Å²) in [6.45, 7) is 10.1. The van der Waals surface area contributed by atoms with Gasteiger partial charge in [-0.1, -0.05) is 6.92 Å². The van der Waals surface area contributed by atoms with Crippen LogP contribution in [0.1, 0.15) is 32.0 Å². The normalized spacial score (nSPS) is 20.3. The van der Waals surface area contributed by atoms with Gasteiger partial charge in [-0.15, -0.1) is 5.10 Å². The molecule has 1 aromatic rings. The molecule has 0 radical (unpaired) electrons. The molecule has 2 fully saturated rings. The molecule has 2 aliphatic heterocycles. The molecule has 0 aromatic carbocycles. The van der Waals surface area contributed by atoms with Crippen molar-refractivity contribution in [2.24, 2.45) is 0 Å². The zero-order chi connectivity index (χ0) is 16.1. The van der Waals surface area contributed by atoms with Crippen molar-refractivity contribution in [1.29, 1.82) is 0 Å². The zero-order valence-corrected chi connectivity index (χ0v) is 14.0. The molecule has 128 valence electrons. The van der Waals surface area contributed by atoms with Crippen LogP contribution in [0.15, 0.2) is 0 Å². The van der Waals surface area contributed by atoms with E-state index in [0.29, 0.717) is 12.5 Å². The quantitative estimate of drug-likeness (QED) is 0.724. The van der Waals surface area contributed by atoms with Crippen LogP contribution in [-0.2, 0) is 17.9 Å². The lowest BCUT2D eigenvalue weighted by atomic mass is 10.3. The Bertz CT molecular complexity index is 504. The molecule has 8 nitrogen and oxygen atoms in total. The number of rotatable bonds is 6. The summed E-state index contributed by atoms with van der Waals surface area (Å²) in [5, 5.41) is 12.0. The van der Waals surface area contributed by atoms with E-state index in [1.165, 1.54) is 0 Å². The largest absolute Gasteiger partial charge is 0.342 e. The van der Waals surface area contributed by atoms with E-state index >= 15 is 0 Å². The monoisotopic (exact) mass is 321 g/mol. The summed E-state index contributed by atoms with van der Waals surface area (Å²) >= 11 is 0. The average Bonchev–Trinajstić information content (AvgIpc) is 3.22. The van der Waals surface area contributed by atoms with E-state index in [9.17, 15) is 4.79 Å². The van der Waals surface area contributed by atoms with Crippen molar-refractivity contribution < 1.29 is 4.79 Å². The van der Waals surface area contributed by atoms with Crippen LogP contribution in [0.25, 0.3) is 0 Å². The molecule has 0 atom stereocenters. The van der Waals surface area contributed by atoms with E-state index in [0.717, 1.165) is 77.4 Å². The fraction of sp³-hybridized carbons (Fsp3) is 0.867. The van der Waals surface area contributed by atoms with Gasteiger partial charge in [0.1, 0.15) is 0 Å². The lowest BCUT2D eigenvalue weighted by molar-refractivity contribution is -0.131. The summed E-state index contributed by atoms with van der Waals surface area (Å²) in [7, 11) is 0. The van der Waals surface area contributed by atoms with E-state index in [4.69, 9.17) is 0 Å². The number of tetrazole rings is 1. The van der Waals surface area contributed by atoms with Gasteiger partial charge < -0.3 is 4.90 Å². The van der Waals surface area contributed by atoms with Gasteiger partial charge in [0.15, 0.2) is 5.82 Å². The van der Waals surface area contributed by atoms with Gasteiger partial charge in [-0.2, -0.15) is 0 Å². The van der Waals surface area contributed by atoms with Gasteiger partial charge in [-0.05, 0) is 29.7 Å². The van der Waals surface area contributed by atoms with Gasteiger partial charge in [0.2, 0.25) is 5.91 Å². The number of amides is 1. The molecule has 0 spiro atoms. The molecule has 8 heteroatoms. The fourth-order valence-electron chi connectivity index (χ4n) is 3.29. The van der Waals surface area contributed by atoms with Crippen molar-refractivity contribution in [3.63, 3.8) is 0 Å². The lowest BCUT2D eigenvalue weighted by Crippen LogP contribution is -2.49. The minimum Gasteiger partial charge on any atom is -0.342 e. The SMILES string of the molecule is CCCn1nnnc1CN1CCN(CC(=O)N2CCCC2)CC1. The van der Waals surface area contributed by atoms with Crippen molar-refractivity contribution in [3.05, 3.63) is 5.82 Å². The molecule has 0 saturated carbocycles. The Morgan fingerprint density at radius 3 is 2.43 bits per heavy atom. The van der Waals surface area contributed by atoms with Crippen LogP contribution in [0.5, 0.6) is 0 Å². The average molecular weight is 321 g/mol. The van der Waals surface area contributed by atoms with E-state index < -0.39 is 0 Å². The number of hydrogen-bond acceptors (Lipinski definition) is 6. The molecule has 2 saturated heterocycles. The van der Waals surface area contributed by atoms with E-state index in [-0.39, 0.29) is 0 Å². The number of piperazine rings is 1. The highest BCUT2D eigenvalue weighted by atomic mass is 16.2. The number of carbonyl (C=O) groups excluding carboxylic acids is 1. The molecular formula is C15H27N7O. The first-order chi connectivity index (χ1) is 11.3. The van der Waals surface area contributed by atoms with Crippen molar-refractivity contribution in [1.82, 2.24) is 34.9 Å². The number of aromatic nitrogens is 4. The van der Waals surface area contributed by atoms with Gasteiger partial charge in [0, 0.05) is 45.8 Å². The van der Waals surface area contributed by atoms with E-state index in [2.05, 4.69) is 32.2 Å². The first-order valence-electron chi connectivity index (χ1n) is 8.74. The molecule has 3 heterocycles. The first-order valence-corrected chi connectivity index (χ1v) is 8.74. The molecule has 1 aromatic heterocycles. The lowest BCUT2D eigenvalue weighted by Gasteiger charge is -2.34. The number of aryl methyl sites for hydroxylation is 1. The molecule has 0 unspecified atom stereocenters. The van der Waals surface area contributed by atoms with Crippen LogP contribution in [0.4, 0.5) is 0 Å². The third-order valence-corrected chi connectivity index (χ3v) is 4.69. The van der Waals surface area contributed by atoms with Crippen LogP contribution in [0.3, 0.4) is 0 Å². The van der Waals surface area contributed by atoms with Crippen LogP contribution in [-0.4, -0.2) is 86.6 Å². The Morgan fingerprint density at radius 1 is 1.04 bits per heavy atom. The minimum absolute atomic E-state index is 0.294. The summed E-state index contributed by atoms with van der Waals surface area (Å²) < 4.78 is 1.89. The molecule has 23 heavy (non-hydrogen) atoms. The minimum atomic E-state index is 0.294. The van der Waals surface area contributed by atoms with Crippen LogP contribution >= 0.6 is 0 Å². The number of hydrogen-bond donors (Lipinski definition) is 0. The maximum atomic E-state index is 12.2. The van der Waals surface area contributed by atoms with Crippen molar-refractivity contribution in [2.45, 2.75) is 39.3 Å². The molecule has 1 amide bonds. The van der Waals surface area contributed by atoms with Crippen LogP contribution in [0.2, 0.25) is 0 Å². The highest BCUT2D eigenvalue weighted by Gasteiger charge is 2.24. The predicted molar refractivity (Wildman–Crippen MR) is 85.6 cm³/mol. The van der Waals surface area contributed by atoms with Crippen molar-refractivity contribution >= 4 is 5.91 Å². The Labute approximate surface area is 137 Å². The topological polar surface area (TPSA) is 70.4 Å². The zero-order valence-electron chi connectivity index (χ0n) is 14.0. The highest BCUT2D eigenvalue weighted by Crippen LogP contribution is 2.10. The third-order valence-electron chi connectivity index (χ3n) is 4.69. The second kappa shape index (κ2) is 7.83. The number of carbonyl (C=O) groups is 1. The van der Waals surface area contributed by atoms with E-state index in [1.807, 2.05) is 9.58 Å². The highest BCUT2D eigenvalue weighted by molar-refractivity contribution is 5.78. The molecule has 2 aliphatic rings. The van der Waals surface area contributed by atoms with Gasteiger partial charge in [-0.25, -0.2) is 4.68 Å². The summed E-state index contributed by atoms with van der Waals surface area (Å²) in [4.78, 5) is 18.9. The van der Waals surface area contributed by atoms with E-state index in [1.54, 1.807) is 0 Å². The van der Waals surface area contributed by atoms with Crippen LogP contribution < -0.4 is 0 Å². The van der Waals surface area contributed by atoms with Gasteiger partial charge in [0.25, 0.3) is 0 Å². The van der Waals surface area contributed by atoms with Gasteiger partial charge in [0.05, 0.1) is 13.1 Å². The summed E-state index contributed by atoms with van der Waals surface area (Å²) in [5.41, 5.74) is 0. The molecule has 0 N–H and O–H groups in total. The van der Waals surface area contributed by atoms with Crippen molar-refractivity contribution in [2.75, 3.05) is 45.8 Å². The summed E-state index contributed by atoms with van der Waals surface area (Å²) in [6, 6.07) is 0. The second-order valence-corrected chi connectivity index (χ2v) is 6.46. The Balaban J connectivity index is 1.43. The molecule has 3 rings (SSSR count).